The number of benzene rings is 3. The van der Waals surface area contributed by atoms with Gasteiger partial charge in [0.1, 0.15) is 6.61 Å². The zero-order valence-corrected chi connectivity index (χ0v) is 14.2. The van der Waals surface area contributed by atoms with Crippen molar-refractivity contribution in [2.45, 2.75) is 19.1 Å². The Morgan fingerprint density at radius 2 is 1.62 bits per heavy atom. The quantitative estimate of drug-likeness (QED) is 0.667. The molecular weight excluding hydrogens is 328 g/mol. The molecule has 0 fully saturated rings. The second kappa shape index (κ2) is 8.16. The minimum Gasteiger partial charge on any atom is -0.461 e. The summed E-state index contributed by atoms with van der Waals surface area (Å²) in [5.41, 5.74) is 6.97. The van der Waals surface area contributed by atoms with Crippen LogP contribution in [0.1, 0.15) is 23.6 Å². The predicted molar refractivity (Wildman–Crippen MR) is 100 cm³/mol. The lowest BCUT2D eigenvalue weighted by atomic mass is 10.0. The van der Waals surface area contributed by atoms with Crippen LogP contribution in [0.25, 0.3) is 10.8 Å². The number of amides is 2. The number of carbonyl (C=O) groups excluding carboxylic acids is 2. The SMILES string of the molecule is NC(=O)NC(CC(=O)OCc1cccc2ccccc12)c1ccccc1. The van der Waals surface area contributed by atoms with Crippen LogP contribution in [0.5, 0.6) is 0 Å². The summed E-state index contributed by atoms with van der Waals surface area (Å²) in [4.78, 5) is 23.6. The molecule has 26 heavy (non-hydrogen) atoms. The van der Waals surface area contributed by atoms with E-state index in [1.54, 1.807) is 0 Å². The average molecular weight is 348 g/mol. The number of esters is 1. The van der Waals surface area contributed by atoms with Gasteiger partial charge in [0.05, 0.1) is 12.5 Å². The van der Waals surface area contributed by atoms with E-state index in [9.17, 15) is 9.59 Å². The Morgan fingerprint density at radius 3 is 2.38 bits per heavy atom. The first kappa shape index (κ1) is 17.5. The van der Waals surface area contributed by atoms with Gasteiger partial charge in [-0.1, -0.05) is 72.8 Å². The van der Waals surface area contributed by atoms with Crippen LogP contribution in [0.15, 0.2) is 72.8 Å². The molecule has 1 unspecified atom stereocenters. The highest BCUT2D eigenvalue weighted by Gasteiger charge is 2.18. The third-order valence-electron chi connectivity index (χ3n) is 4.16. The van der Waals surface area contributed by atoms with Crippen LogP contribution in [0.4, 0.5) is 4.79 Å². The van der Waals surface area contributed by atoms with Gasteiger partial charge >= 0.3 is 12.0 Å². The highest BCUT2D eigenvalue weighted by atomic mass is 16.5. The molecule has 3 aromatic rings. The Morgan fingerprint density at radius 1 is 0.923 bits per heavy atom. The van der Waals surface area contributed by atoms with E-state index in [2.05, 4.69) is 5.32 Å². The summed E-state index contributed by atoms with van der Waals surface area (Å²) in [5.74, 6) is -0.402. The molecule has 1 atom stereocenters. The Balaban J connectivity index is 1.67. The Hall–Kier alpha value is -3.34. The number of nitrogens with one attached hydrogen (secondary N) is 1. The van der Waals surface area contributed by atoms with Gasteiger partial charge in [-0.2, -0.15) is 0 Å². The molecule has 132 valence electrons. The highest BCUT2D eigenvalue weighted by molar-refractivity contribution is 5.85. The van der Waals surface area contributed by atoms with E-state index >= 15 is 0 Å². The fraction of sp³-hybridized carbons (Fsp3) is 0.143. The number of hydrogen-bond acceptors (Lipinski definition) is 3. The monoisotopic (exact) mass is 348 g/mol. The molecule has 0 aromatic heterocycles. The van der Waals surface area contributed by atoms with Gasteiger partial charge in [0.15, 0.2) is 0 Å². The van der Waals surface area contributed by atoms with Gasteiger partial charge in [-0.05, 0) is 21.9 Å². The molecule has 3 N–H and O–H groups in total. The highest BCUT2D eigenvalue weighted by Crippen LogP contribution is 2.21. The van der Waals surface area contributed by atoms with E-state index in [0.717, 1.165) is 21.9 Å². The zero-order valence-electron chi connectivity index (χ0n) is 14.2. The maximum atomic E-state index is 12.3. The van der Waals surface area contributed by atoms with Crippen molar-refractivity contribution in [2.75, 3.05) is 0 Å². The van der Waals surface area contributed by atoms with E-state index in [-0.39, 0.29) is 13.0 Å². The Kier molecular flexibility index (Phi) is 5.49. The largest absolute Gasteiger partial charge is 0.461 e. The minimum atomic E-state index is -0.680. The second-order valence-electron chi connectivity index (χ2n) is 5.97. The van der Waals surface area contributed by atoms with Gasteiger partial charge in [0, 0.05) is 0 Å². The maximum Gasteiger partial charge on any atom is 0.312 e. The normalized spacial score (nSPS) is 11.7. The fourth-order valence-electron chi connectivity index (χ4n) is 2.91. The van der Waals surface area contributed by atoms with Crippen LogP contribution in [-0.4, -0.2) is 12.0 Å². The number of rotatable bonds is 6. The van der Waals surface area contributed by atoms with E-state index in [0.29, 0.717) is 0 Å². The number of carbonyl (C=O) groups is 2. The van der Waals surface area contributed by atoms with Crippen molar-refractivity contribution in [3.8, 4) is 0 Å². The zero-order chi connectivity index (χ0) is 18.4. The number of urea groups is 1. The molecule has 0 heterocycles. The maximum absolute atomic E-state index is 12.3. The first-order valence-electron chi connectivity index (χ1n) is 8.36. The molecule has 0 aliphatic carbocycles. The molecule has 0 aliphatic heterocycles. The molecule has 3 aromatic carbocycles. The summed E-state index contributed by atoms with van der Waals surface area (Å²) in [7, 11) is 0. The molecule has 0 spiro atoms. The van der Waals surface area contributed by atoms with Crippen molar-refractivity contribution >= 4 is 22.8 Å². The molecule has 0 bridgehead atoms. The molecule has 0 saturated carbocycles. The van der Waals surface area contributed by atoms with Gasteiger partial charge in [-0.3, -0.25) is 4.79 Å². The van der Waals surface area contributed by atoms with Gasteiger partial charge in [-0.25, -0.2) is 4.79 Å². The van der Waals surface area contributed by atoms with Gasteiger partial charge in [0.2, 0.25) is 0 Å². The first-order chi connectivity index (χ1) is 12.6. The summed E-state index contributed by atoms with van der Waals surface area (Å²) >= 11 is 0. The standard InChI is InChI=1S/C21H20N2O3/c22-21(25)23-19(16-8-2-1-3-9-16)13-20(24)26-14-17-11-6-10-15-7-4-5-12-18(15)17/h1-12,19H,13-14H2,(H3,22,23,25). The van der Waals surface area contributed by atoms with E-state index in [1.165, 1.54) is 0 Å². The molecule has 3 rings (SSSR count). The Labute approximate surface area is 151 Å². The summed E-state index contributed by atoms with van der Waals surface area (Å²) in [6, 6.07) is 21.8. The summed E-state index contributed by atoms with van der Waals surface area (Å²) < 4.78 is 5.44. The lowest BCUT2D eigenvalue weighted by molar-refractivity contribution is -0.145. The van der Waals surface area contributed by atoms with Crippen LogP contribution in [0.3, 0.4) is 0 Å². The number of primary amides is 1. The van der Waals surface area contributed by atoms with Crippen LogP contribution in [0, 0.1) is 0 Å². The van der Waals surface area contributed by atoms with E-state index in [4.69, 9.17) is 10.5 Å². The summed E-state index contributed by atoms with van der Waals surface area (Å²) in [6.45, 7) is 0.179. The second-order valence-corrected chi connectivity index (χ2v) is 5.97. The summed E-state index contributed by atoms with van der Waals surface area (Å²) in [5, 5.41) is 4.74. The molecule has 0 radical (unpaired) electrons. The number of ether oxygens (including phenoxy) is 1. The fourth-order valence-corrected chi connectivity index (χ4v) is 2.91. The van der Waals surface area contributed by atoms with Crippen LogP contribution >= 0.6 is 0 Å². The molecule has 0 saturated heterocycles. The Bertz CT molecular complexity index is 904. The molecular formula is C21H20N2O3. The number of nitrogens with two attached hydrogens (primary N) is 1. The van der Waals surface area contributed by atoms with Crippen LogP contribution in [-0.2, 0) is 16.1 Å². The predicted octanol–water partition coefficient (Wildman–Crippen LogP) is 3.68. The van der Waals surface area contributed by atoms with Crippen molar-refractivity contribution in [3.63, 3.8) is 0 Å². The molecule has 5 heteroatoms. The molecule has 5 nitrogen and oxygen atoms in total. The van der Waals surface area contributed by atoms with Crippen molar-refractivity contribution in [2.24, 2.45) is 5.73 Å². The smallest absolute Gasteiger partial charge is 0.312 e. The lowest BCUT2D eigenvalue weighted by Gasteiger charge is -2.17. The van der Waals surface area contributed by atoms with Gasteiger partial charge in [-0.15, -0.1) is 0 Å². The molecule has 2 amide bonds. The van der Waals surface area contributed by atoms with Crippen LogP contribution < -0.4 is 11.1 Å². The van der Waals surface area contributed by atoms with Gasteiger partial charge in [0.25, 0.3) is 0 Å². The van der Waals surface area contributed by atoms with Crippen molar-refractivity contribution in [1.29, 1.82) is 0 Å². The lowest BCUT2D eigenvalue weighted by Crippen LogP contribution is -2.34. The first-order valence-corrected chi connectivity index (χ1v) is 8.36. The topological polar surface area (TPSA) is 81.4 Å². The van der Waals surface area contributed by atoms with Crippen molar-refractivity contribution in [3.05, 3.63) is 83.9 Å². The summed E-state index contributed by atoms with van der Waals surface area (Å²) in [6.07, 6.45) is 0.0116. The number of fused-ring (bicyclic) bond motifs is 1. The van der Waals surface area contributed by atoms with E-state index < -0.39 is 18.0 Å². The average Bonchev–Trinajstić information content (AvgIpc) is 2.66. The number of hydrogen-bond donors (Lipinski definition) is 2. The van der Waals surface area contributed by atoms with E-state index in [1.807, 2.05) is 72.8 Å². The van der Waals surface area contributed by atoms with Crippen molar-refractivity contribution in [1.82, 2.24) is 5.32 Å². The third kappa shape index (κ3) is 4.39. The van der Waals surface area contributed by atoms with Crippen LogP contribution in [0.2, 0.25) is 0 Å². The van der Waals surface area contributed by atoms with Gasteiger partial charge < -0.3 is 15.8 Å². The minimum absolute atomic E-state index is 0.0116. The van der Waals surface area contributed by atoms with Crippen molar-refractivity contribution < 1.29 is 14.3 Å². The third-order valence-corrected chi connectivity index (χ3v) is 4.16. The molecule has 0 aliphatic rings.